The highest BCUT2D eigenvalue weighted by atomic mass is 35.5. The van der Waals surface area contributed by atoms with Crippen molar-refractivity contribution in [1.29, 1.82) is 0 Å². The number of carbonyl (C=O) groups is 3. The summed E-state index contributed by atoms with van der Waals surface area (Å²) in [5.41, 5.74) is 2.35. The molecule has 1 heterocycles. The Morgan fingerprint density at radius 2 is 1.76 bits per heavy atom. The van der Waals surface area contributed by atoms with Crippen LogP contribution in [0.2, 0.25) is 5.02 Å². The van der Waals surface area contributed by atoms with Gasteiger partial charge in [0.05, 0.1) is 11.3 Å². The highest BCUT2D eigenvalue weighted by Crippen LogP contribution is 2.22. The van der Waals surface area contributed by atoms with Gasteiger partial charge in [0, 0.05) is 36.4 Å². The van der Waals surface area contributed by atoms with Crippen LogP contribution in [-0.2, 0) is 22.7 Å². The number of aliphatic hydroxyl groups excluding tert-OH is 2. The van der Waals surface area contributed by atoms with Crippen LogP contribution in [0.5, 0.6) is 0 Å². The Hall–Kier alpha value is -3.79. The first-order valence-corrected chi connectivity index (χ1v) is 12.0. The van der Waals surface area contributed by atoms with Gasteiger partial charge in [-0.05, 0) is 41.8 Å². The summed E-state index contributed by atoms with van der Waals surface area (Å²) in [6.07, 6.45) is -1.84. The van der Waals surface area contributed by atoms with Crippen molar-refractivity contribution in [2.24, 2.45) is 0 Å². The normalized spacial score (nSPS) is 12.4. The molecule has 2 aromatic carbocycles. The molecule has 2 atom stereocenters. The second-order valence-electron chi connectivity index (χ2n) is 8.40. The van der Waals surface area contributed by atoms with E-state index in [1.807, 2.05) is 6.92 Å². The van der Waals surface area contributed by atoms with E-state index in [1.54, 1.807) is 54.6 Å². The summed E-state index contributed by atoms with van der Waals surface area (Å²) in [6, 6.07) is 16.7. The van der Waals surface area contributed by atoms with Crippen molar-refractivity contribution >= 4 is 29.4 Å². The molecule has 0 saturated carbocycles. The smallest absolute Gasteiger partial charge is 0.336 e. The minimum atomic E-state index is -1.97. The van der Waals surface area contributed by atoms with E-state index in [1.165, 1.54) is 17.2 Å². The van der Waals surface area contributed by atoms with Crippen molar-refractivity contribution in [1.82, 2.24) is 15.2 Å². The summed E-state index contributed by atoms with van der Waals surface area (Å²) in [5.74, 6) is -2.76. The maximum Gasteiger partial charge on any atom is 0.336 e. The lowest BCUT2D eigenvalue weighted by atomic mass is 10.0. The zero-order chi connectivity index (χ0) is 26.9. The Labute approximate surface area is 219 Å². The first-order chi connectivity index (χ1) is 17.7. The molecule has 3 rings (SSSR count). The highest BCUT2D eigenvalue weighted by molar-refractivity contribution is 6.30. The summed E-state index contributed by atoms with van der Waals surface area (Å²) in [5, 5.41) is 33.1. The van der Waals surface area contributed by atoms with Gasteiger partial charge in [-0.25, -0.2) is 4.79 Å². The SMILES string of the molecule is CCCN(Cc1cccc(Cl)c1)C(=O)C(O)C(O)C(=O)NCc1ccc(-c2ccccc2C(=O)O)nc1. The first kappa shape index (κ1) is 27.8. The molecule has 0 radical (unpaired) electrons. The highest BCUT2D eigenvalue weighted by Gasteiger charge is 2.33. The molecule has 0 bridgehead atoms. The van der Waals surface area contributed by atoms with Crippen LogP contribution in [0.15, 0.2) is 66.9 Å². The number of aromatic nitrogens is 1. The monoisotopic (exact) mass is 525 g/mol. The van der Waals surface area contributed by atoms with Crippen LogP contribution in [0.25, 0.3) is 11.3 Å². The molecule has 194 valence electrons. The third kappa shape index (κ3) is 7.36. The fourth-order valence-electron chi connectivity index (χ4n) is 3.73. The van der Waals surface area contributed by atoms with Crippen LogP contribution in [0.3, 0.4) is 0 Å². The van der Waals surface area contributed by atoms with Gasteiger partial charge in [-0.2, -0.15) is 0 Å². The Morgan fingerprint density at radius 1 is 1.00 bits per heavy atom. The van der Waals surface area contributed by atoms with Crippen molar-refractivity contribution in [2.75, 3.05) is 6.54 Å². The maximum absolute atomic E-state index is 12.8. The molecular weight excluding hydrogens is 498 g/mol. The molecule has 0 saturated heterocycles. The van der Waals surface area contributed by atoms with E-state index in [9.17, 15) is 29.7 Å². The van der Waals surface area contributed by atoms with Gasteiger partial charge >= 0.3 is 5.97 Å². The molecule has 3 aromatic rings. The summed E-state index contributed by atoms with van der Waals surface area (Å²) >= 11 is 6.01. The average molecular weight is 526 g/mol. The Bertz CT molecular complexity index is 1250. The number of nitrogens with zero attached hydrogens (tertiary/aromatic N) is 2. The molecular formula is C27H28ClN3O6. The summed E-state index contributed by atoms with van der Waals surface area (Å²) in [6.45, 7) is 2.33. The molecule has 9 nitrogen and oxygen atoms in total. The van der Waals surface area contributed by atoms with Crippen LogP contribution >= 0.6 is 11.6 Å². The number of amides is 2. The minimum absolute atomic E-state index is 0.0220. The van der Waals surface area contributed by atoms with Gasteiger partial charge in [-0.1, -0.05) is 54.9 Å². The van der Waals surface area contributed by atoms with Crippen LogP contribution in [0, 0.1) is 0 Å². The molecule has 2 amide bonds. The number of halogens is 1. The van der Waals surface area contributed by atoms with E-state index in [-0.39, 0.29) is 18.7 Å². The predicted molar refractivity (Wildman–Crippen MR) is 138 cm³/mol. The zero-order valence-electron chi connectivity index (χ0n) is 20.2. The average Bonchev–Trinajstić information content (AvgIpc) is 2.90. The predicted octanol–water partition coefficient (Wildman–Crippen LogP) is 2.88. The molecule has 0 aliphatic heterocycles. The molecule has 4 N–H and O–H groups in total. The quantitative estimate of drug-likeness (QED) is 0.302. The van der Waals surface area contributed by atoms with E-state index in [0.29, 0.717) is 34.8 Å². The Balaban J connectivity index is 1.60. The second kappa shape index (κ2) is 13.0. The van der Waals surface area contributed by atoms with E-state index in [2.05, 4.69) is 10.3 Å². The van der Waals surface area contributed by atoms with Gasteiger partial charge in [0.25, 0.3) is 11.8 Å². The van der Waals surface area contributed by atoms with Crippen LogP contribution < -0.4 is 5.32 Å². The maximum atomic E-state index is 12.8. The number of carbonyl (C=O) groups excluding carboxylic acids is 2. The van der Waals surface area contributed by atoms with Crippen LogP contribution in [0.1, 0.15) is 34.8 Å². The van der Waals surface area contributed by atoms with E-state index < -0.39 is 30.0 Å². The molecule has 0 aliphatic carbocycles. The van der Waals surface area contributed by atoms with Gasteiger partial charge in [0.15, 0.2) is 12.2 Å². The Morgan fingerprint density at radius 3 is 2.41 bits per heavy atom. The lowest BCUT2D eigenvalue weighted by molar-refractivity contribution is -0.153. The largest absolute Gasteiger partial charge is 0.478 e. The fraction of sp³-hybridized carbons (Fsp3) is 0.259. The third-order valence-corrected chi connectivity index (χ3v) is 5.85. The van der Waals surface area contributed by atoms with Crippen LogP contribution in [-0.4, -0.2) is 61.7 Å². The number of aromatic carboxylic acids is 1. The number of pyridine rings is 1. The molecule has 0 fully saturated rings. The number of aliphatic hydroxyl groups is 2. The van der Waals surface area contributed by atoms with Gasteiger partial charge in [0.1, 0.15) is 0 Å². The Kier molecular flexibility index (Phi) is 9.73. The fourth-order valence-corrected chi connectivity index (χ4v) is 3.95. The number of benzene rings is 2. The molecule has 10 heteroatoms. The van der Waals surface area contributed by atoms with Crippen molar-refractivity contribution in [3.63, 3.8) is 0 Å². The molecule has 37 heavy (non-hydrogen) atoms. The molecule has 0 aliphatic rings. The standard InChI is InChI=1S/C27H28ClN3O6/c1-2-12-31(16-17-6-5-7-19(28)13-17)26(35)24(33)23(32)25(34)30-15-18-10-11-22(29-14-18)20-8-3-4-9-21(20)27(36)37/h3-11,13-14,23-24,32-33H,2,12,15-16H2,1H3,(H,30,34)(H,36,37). The van der Waals surface area contributed by atoms with Crippen molar-refractivity contribution < 1.29 is 29.7 Å². The number of hydrogen-bond donors (Lipinski definition) is 4. The number of carboxylic acid groups (broad SMARTS) is 1. The minimum Gasteiger partial charge on any atom is -0.478 e. The topological polar surface area (TPSA) is 140 Å². The van der Waals surface area contributed by atoms with E-state index >= 15 is 0 Å². The van der Waals surface area contributed by atoms with Crippen LogP contribution in [0.4, 0.5) is 0 Å². The molecule has 0 spiro atoms. The number of carboxylic acids is 1. The zero-order valence-corrected chi connectivity index (χ0v) is 20.9. The van der Waals surface area contributed by atoms with E-state index in [0.717, 1.165) is 5.56 Å². The van der Waals surface area contributed by atoms with Gasteiger partial charge in [-0.15, -0.1) is 0 Å². The molecule has 2 unspecified atom stereocenters. The van der Waals surface area contributed by atoms with Gasteiger partial charge in [0.2, 0.25) is 0 Å². The summed E-state index contributed by atoms with van der Waals surface area (Å²) in [7, 11) is 0. The van der Waals surface area contributed by atoms with E-state index in [4.69, 9.17) is 11.6 Å². The van der Waals surface area contributed by atoms with Gasteiger partial charge in [-0.3, -0.25) is 14.6 Å². The third-order valence-electron chi connectivity index (χ3n) is 5.61. The number of hydrogen-bond acceptors (Lipinski definition) is 6. The van der Waals surface area contributed by atoms with Crippen molar-refractivity contribution in [2.45, 2.75) is 38.6 Å². The number of nitrogens with one attached hydrogen (secondary N) is 1. The lowest BCUT2D eigenvalue weighted by Gasteiger charge is -2.26. The molecule has 1 aromatic heterocycles. The summed E-state index contributed by atoms with van der Waals surface area (Å²) in [4.78, 5) is 42.4. The second-order valence-corrected chi connectivity index (χ2v) is 8.84. The summed E-state index contributed by atoms with van der Waals surface area (Å²) < 4.78 is 0. The first-order valence-electron chi connectivity index (χ1n) is 11.7. The lowest BCUT2D eigenvalue weighted by Crippen LogP contribution is -2.50. The number of rotatable bonds is 11. The van der Waals surface area contributed by atoms with Gasteiger partial charge < -0.3 is 25.5 Å². The van der Waals surface area contributed by atoms with Crippen molar-refractivity contribution in [3.05, 3.63) is 88.6 Å². The van der Waals surface area contributed by atoms with Crippen molar-refractivity contribution in [3.8, 4) is 11.3 Å².